The average molecular weight is 442 g/mol. The number of aliphatic imine (C=N–C) groups is 1. The summed E-state index contributed by atoms with van der Waals surface area (Å²) in [6, 6.07) is 8.23. The first kappa shape index (κ1) is 19.7. The molecular formula is C23H22N8O2. The Morgan fingerprint density at radius 3 is 2.76 bits per heavy atom. The number of azo groups is 1. The van der Waals surface area contributed by atoms with Crippen LogP contribution in [0.3, 0.4) is 0 Å². The number of aromatic nitrogens is 4. The summed E-state index contributed by atoms with van der Waals surface area (Å²) >= 11 is 0. The van der Waals surface area contributed by atoms with Crippen LogP contribution < -0.4 is 14.4 Å². The summed E-state index contributed by atoms with van der Waals surface area (Å²) in [5.74, 6) is 3.58. The van der Waals surface area contributed by atoms with Crippen molar-refractivity contribution in [1.82, 2.24) is 19.9 Å². The van der Waals surface area contributed by atoms with Crippen molar-refractivity contribution in [3.63, 3.8) is 0 Å². The van der Waals surface area contributed by atoms with Gasteiger partial charge >= 0.3 is 0 Å². The number of fused-ring (bicyclic) bond motifs is 1. The van der Waals surface area contributed by atoms with Crippen molar-refractivity contribution < 1.29 is 9.47 Å². The van der Waals surface area contributed by atoms with Gasteiger partial charge in [0.25, 0.3) is 0 Å². The number of rotatable bonds is 6. The Kier molecular flexibility index (Phi) is 4.89. The lowest BCUT2D eigenvalue weighted by Crippen LogP contribution is -2.33. The molecule has 0 bridgehead atoms. The Bertz CT molecular complexity index is 1250. The fourth-order valence-corrected chi connectivity index (χ4v) is 4.11. The highest BCUT2D eigenvalue weighted by Gasteiger charge is 2.32. The van der Waals surface area contributed by atoms with Gasteiger partial charge in [0.2, 0.25) is 5.88 Å². The minimum absolute atomic E-state index is 0.406. The minimum atomic E-state index is 0.406. The first-order valence-corrected chi connectivity index (χ1v) is 11.0. The Balaban J connectivity index is 1.32. The standard InChI is InChI=1S/C23H22N8O2/c1-32-23-18(19(15-6-7-15)25-12-27-23)21-24-10-17-22(29-21)31(8-9-33-17)11-14-2-4-16(5-3-14)20-26-13-28-30-20/h2-5,10,12,15H,6-9,11,13H2,1H3. The molecule has 1 aromatic carbocycles. The molecule has 2 aliphatic heterocycles. The van der Waals surface area contributed by atoms with Gasteiger partial charge in [-0.25, -0.2) is 24.9 Å². The van der Waals surface area contributed by atoms with E-state index < -0.39 is 0 Å². The fraction of sp³-hybridized carbons (Fsp3) is 0.348. The van der Waals surface area contributed by atoms with E-state index >= 15 is 0 Å². The molecule has 1 fully saturated rings. The van der Waals surface area contributed by atoms with Crippen LogP contribution in [0.4, 0.5) is 5.82 Å². The first-order chi connectivity index (χ1) is 16.3. The van der Waals surface area contributed by atoms with Crippen molar-refractivity contribution in [2.24, 2.45) is 15.2 Å². The van der Waals surface area contributed by atoms with Crippen LogP contribution in [0.2, 0.25) is 0 Å². The molecule has 0 N–H and O–H groups in total. The van der Waals surface area contributed by atoms with E-state index in [1.165, 1.54) is 0 Å². The van der Waals surface area contributed by atoms with Crippen LogP contribution >= 0.6 is 0 Å². The molecule has 0 amide bonds. The van der Waals surface area contributed by atoms with E-state index in [0.29, 0.717) is 49.0 Å². The zero-order valence-corrected chi connectivity index (χ0v) is 18.2. The fourth-order valence-electron chi connectivity index (χ4n) is 4.11. The molecule has 2 aromatic heterocycles. The zero-order valence-electron chi connectivity index (χ0n) is 18.2. The van der Waals surface area contributed by atoms with Crippen LogP contribution in [-0.2, 0) is 6.54 Å². The molecule has 4 heterocycles. The van der Waals surface area contributed by atoms with E-state index in [1.54, 1.807) is 19.6 Å². The van der Waals surface area contributed by atoms with Gasteiger partial charge in [-0.15, -0.1) is 5.11 Å². The highest BCUT2D eigenvalue weighted by Crippen LogP contribution is 2.45. The third kappa shape index (κ3) is 3.77. The van der Waals surface area contributed by atoms with Crippen LogP contribution in [0.15, 0.2) is 52.0 Å². The predicted molar refractivity (Wildman–Crippen MR) is 121 cm³/mol. The van der Waals surface area contributed by atoms with Crippen molar-refractivity contribution in [2.75, 3.05) is 31.8 Å². The van der Waals surface area contributed by atoms with E-state index in [0.717, 1.165) is 47.6 Å². The smallest absolute Gasteiger partial charge is 0.227 e. The number of nitrogens with zero attached hydrogens (tertiary/aromatic N) is 8. The monoisotopic (exact) mass is 442 g/mol. The van der Waals surface area contributed by atoms with Gasteiger partial charge in [-0.3, -0.25) is 0 Å². The van der Waals surface area contributed by atoms with Crippen LogP contribution in [0.1, 0.15) is 35.6 Å². The van der Waals surface area contributed by atoms with Crippen LogP contribution in [0.5, 0.6) is 11.6 Å². The second-order valence-corrected chi connectivity index (χ2v) is 8.13. The molecule has 0 spiro atoms. The Labute approximate surface area is 190 Å². The van der Waals surface area contributed by atoms with Crippen molar-refractivity contribution >= 4 is 11.7 Å². The highest BCUT2D eigenvalue weighted by molar-refractivity contribution is 5.99. The summed E-state index contributed by atoms with van der Waals surface area (Å²) in [7, 11) is 1.61. The molecule has 6 rings (SSSR count). The van der Waals surface area contributed by atoms with E-state index in [4.69, 9.17) is 14.5 Å². The summed E-state index contributed by atoms with van der Waals surface area (Å²) < 4.78 is 11.4. The van der Waals surface area contributed by atoms with Gasteiger partial charge in [0.1, 0.15) is 18.5 Å². The summed E-state index contributed by atoms with van der Waals surface area (Å²) in [6.45, 7) is 2.41. The van der Waals surface area contributed by atoms with Gasteiger partial charge in [0, 0.05) is 18.0 Å². The number of hydrogen-bond donors (Lipinski definition) is 0. The SMILES string of the molecule is COc1ncnc(C2CC2)c1-c1ncc2c(n1)N(Cc1ccc(C3=NCN=N3)cc1)CCO2. The third-order valence-corrected chi connectivity index (χ3v) is 5.91. The van der Waals surface area contributed by atoms with Gasteiger partial charge in [-0.05, 0) is 18.4 Å². The maximum absolute atomic E-state index is 5.85. The van der Waals surface area contributed by atoms with Gasteiger partial charge in [-0.2, -0.15) is 5.11 Å². The molecule has 0 saturated heterocycles. The Hall–Kier alpha value is -3.95. The first-order valence-electron chi connectivity index (χ1n) is 11.0. The minimum Gasteiger partial charge on any atom is -0.486 e. The second kappa shape index (κ2) is 8.19. The van der Waals surface area contributed by atoms with Gasteiger partial charge < -0.3 is 14.4 Å². The van der Waals surface area contributed by atoms with Crippen LogP contribution in [0.25, 0.3) is 11.4 Å². The molecule has 0 radical (unpaired) electrons. The summed E-state index contributed by atoms with van der Waals surface area (Å²) in [5.41, 5.74) is 3.84. The highest BCUT2D eigenvalue weighted by atomic mass is 16.5. The van der Waals surface area contributed by atoms with Crippen molar-refractivity contribution in [1.29, 1.82) is 0 Å². The summed E-state index contributed by atoms with van der Waals surface area (Å²) in [4.78, 5) is 24.8. The van der Waals surface area contributed by atoms with Crippen molar-refractivity contribution in [3.8, 4) is 23.0 Å². The normalized spacial score (nSPS) is 16.9. The Morgan fingerprint density at radius 2 is 2.00 bits per heavy atom. The number of amidine groups is 1. The van der Waals surface area contributed by atoms with Crippen LogP contribution in [0, 0.1) is 0 Å². The van der Waals surface area contributed by atoms with Gasteiger partial charge in [0.05, 0.1) is 25.5 Å². The number of hydrogen-bond acceptors (Lipinski definition) is 10. The van der Waals surface area contributed by atoms with E-state index in [-0.39, 0.29) is 0 Å². The molecule has 0 atom stereocenters. The van der Waals surface area contributed by atoms with Crippen LogP contribution in [-0.4, -0.2) is 52.7 Å². The van der Waals surface area contributed by atoms with E-state index in [1.807, 2.05) is 12.1 Å². The lowest BCUT2D eigenvalue weighted by Gasteiger charge is -2.30. The molecule has 1 aliphatic carbocycles. The summed E-state index contributed by atoms with van der Waals surface area (Å²) in [6.07, 6.45) is 5.50. The Morgan fingerprint density at radius 1 is 1.12 bits per heavy atom. The molecule has 0 unspecified atom stereocenters. The maximum Gasteiger partial charge on any atom is 0.227 e. The lowest BCUT2D eigenvalue weighted by molar-refractivity contribution is 0.303. The molecule has 3 aliphatic rings. The number of ether oxygens (including phenoxy) is 2. The predicted octanol–water partition coefficient (Wildman–Crippen LogP) is 3.39. The third-order valence-electron chi connectivity index (χ3n) is 5.91. The average Bonchev–Trinajstić information content (AvgIpc) is 3.57. The molecular weight excluding hydrogens is 420 g/mol. The van der Waals surface area contributed by atoms with E-state index in [2.05, 4.69) is 47.2 Å². The number of benzene rings is 1. The molecule has 10 heteroatoms. The maximum atomic E-state index is 5.85. The summed E-state index contributed by atoms with van der Waals surface area (Å²) in [5, 5.41) is 7.98. The van der Waals surface area contributed by atoms with Gasteiger partial charge in [-0.1, -0.05) is 24.3 Å². The molecule has 3 aromatic rings. The van der Waals surface area contributed by atoms with Crippen molar-refractivity contribution in [2.45, 2.75) is 25.3 Å². The van der Waals surface area contributed by atoms with E-state index in [9.17, 15) is 0 Å². The molecule has 1 saturated carbocycles. The lowest BCUT2D eigenvalue weighted by atomic mass is 10.1. The molecule has 10 nitrogen and oxygen atoms in total. The topological polar surface area (TPSA) is 110 Å². The quantitative estimate of drug-likeness (QED) is 0.575. The number of anilines is 1. The largest absolute Gasteiger partial charge is 0.486 e. The van der Waals surface area contributed by atoms with Crippen molar-refractivity contribution in [3.05, 3.63) is 53.6 Å². The second-order valence-electron chi connectivity index (χ2n) is 8.13. The number of methoxy groups -OCH3 is 1. The molecule has 33 heavy (non-hydrogen) atoms. The van der Waals surface area contributed by atoms with Gasteiger partial charge in [0.15, 0.2) is 29.9 Å². The molecule has 166 valence electrons. The zero-order chi connectivity index (χ0) is 22.2.